The van der Waals surface area contributed by atoms with Crippen LogP contribution in [0.25, 0.3) is 0 Å². The largest absolute Gasteiger partial charge is 0.368 e. The summed E-state index contributed by atoms with van der Waals surface area (Å²) in [5.41, 5.74) is -0.155. The Morgan fingerprint density at radius 3 is 2.75 bits per heavy atom. The topological polar surface area (TPSA) is 43.4 Å². The SMILES string of the molecule is CC(=O)/C=C/[C@@H]1C[C@@H]2CC(C=O)C[C@]2(C)O1. The second kappa shape index (κ2) is 4.13. The molecule has 2 fully saturated rings. The molecule has 0 N–H and O–H groups in total. The van der Waals surface area contributed by atoms with E-state index in [2.05, 4.69) is 6.92 Å². The van der Waals surface area contributed by atoms with Crippen molar-refractivity contribution in [2.24, 2.45) is 11.8 Å². The molecule has 1 saturated heterocycles. The van der Waals surface area contributed by atoms with Gasteiger partial charge in [0.1, 0.15) is 6.29 Å². The Balaban J connectivity index is 1.99. The molecule has 1 aliphatic carbocycles. The maximum absolute atomic E-state index is 10.8. The number of carbonyl (C=O) groups excluding carboxylic acids is 2. The molecule has 0 bridgehead atoms. The van der Waals surface area contributed by atoms with Gasteiger partial charge in [0.15, 0.2) is 5.78 Å². The summed E-state index contributed by atoms with van der Waals surface area (Å²) in [4.78, 5) is 21.6. The number of fused-ring (bicyclic) bond motifs is 1. The van der Waals surface area contributed by atoms with Gasteiger partial charge in [0, 0.05) is 5.92 Å². The summed E-state index contributed by atoms with van der Waals surface area (Å²) in [7, 11) is 0. The molecule has 3 heteroatoms. The van der Waals surface area contributed by atoms with E-state index in [0.29, 0.717) is 5.92 Å². The Morgan fingerprint density at radius 1 is 1.44 bits per heavy atom. The predicted octanol–water partition coefficient (Wildman–Crippen LogP) is 1.90. The number of allylic oxidation sites excluding steroid dienone is 1. The highest BCUT2D eigenvalue weighted by molar-refractivity contribution is 5.87. The summed E-state index contributed by atoms with van der Waals surface area (Å²) >= 11 is 0. The minimum atomic E-state index is -0.155. The van der Waals surface area contributed by atoms with Crippen molar-refractivity contribution in [1.29, 1.82) is 0 Å². The standard InChI is InChI=1S/C13H18O3/c1-9(15)3-4-12-6-11-5-10(8-14)7-13(11,2)16-12/h3-4,8,10-12H,5-7H2,1-2H3/b4-3+/t10?,11-,12+,13-/m0/s1. The molecule has 1 aliphatic heterocycles. The fraction of sp³-hybridized carbons (Fsp3) is 0.692. The Bertz CT molecular complexity index is 334. The molecule has 0 aromatic rings. The summed E-state index contributed by atoms with van der Waals surface area (Å²) in [6.07, 6.45) is 7.22. The number of carbonyl (C=O) groups is 2. The second-order valence-electron chi connectivity index (χ2n) is 5.21. The number of rotatable bonds is 3. The average Bonchev–Trinajstić information content (AvgIpc) is 2.65. The van der Waals surface area contributed by atoms with E-state index in [1.54, 1.807) is 6.08 Å². The number of hydrogen-bond donors (Lipinski definition) is 0. The van der Waals surface area contributed by atoms with Crippen molar-refractivity contribution in [2.45, 2.75) is 44.8 Å². The molecule has 1 unspecified atom stereocenters. The van der Waals surface area contributed by atoms with Crippen molar-refractivity contribution in [1.82, 2.24) is 0 Å². The van der Waals surface area contributed by atoms with Gasteiger partial charge in [-0.1, -0.05) is 6.08 Å². The highest BCUT2D eigenvalue weighted by atomic mass is 16.5. The van der Waals surface area contributed by atoms with Crippen molar-refractivity contribution in [3.05, 3.63) is 12.2 Å². The first kappa shape index (κ1) is 11.5. The van der Waals surface area contributed by atoms with Crippen LogP contribution in [0.1, 0.15) is 33.1 Å². The maximum atomic E-state index is 10.8. The summed E-state index contributed by atoms with van der Waals surface area (Å²) in [6, 6.07) is 0. The maximum Gasteiger partial charge on any atom is 0.152 e. The quantitative estimate of drug-likeness (QED) is 0.541. The summed E-state index contributed by atoms with van der Waals surface area (Å²) in [6.45, 7) is 3.62. The normalized spacial score (nSPS) is 42.5. The fourth-order valence-electron chi connectivity index (χ4n) is 3.01. The summed E-state index contributed by atoms with van der Waals surface area (Å²) in [5.74, 6) is 0.675. The molecule has 88 valence electrons. The van der Waals surface area contributed by atoms with Crippen molar-refractivity contribution < 1.29 is 14.3 Å². The molecule has 1 saturated carbocycles. The zero-order valence-corrected chi connectivity index (χ0v) is 9.81. The zero-order chi connectivity index (χ0) is 11.8. The minimum Gasteiger partial charge on any atom is -0.368 e. The lowest BCUT2D eigenvalue weighted by atomic mass is 9.92. The predicted molar refractivity (Wildman–Crippen MR) is 60.0 cm³/mol. The first-order chi connectivity index (χ1) is 7.53. The highest BCUT2D eigenvalue weighted by Crippen LogP contribution is 2.49. The average molecular weight is 222 g/mol. The van der Waals surface area contributed by atoms with E-state index in [1.165, 1.54) is 6.92 Å². The lowest BCUT2D eigenvalue weighted by Gasteiger charge is -2.23. The minimum absolute atomic E-state index is 0.0477. The Kier molecular flexibility index (Phi) is 2.98. The Labute approximate surface area is 95.9 Å². The van der Waals surface area contributed by atoms with E-state index in [0.717, 1.165) is 25.5 Å². The number of ketones is 1. The molecule has 2 aliphatic rings. The first-order valence-electron chi connectivity index (χ1n) is 5.85. The second-order valence-corrected chi connectivity index (χ2v) is 5.21. The first-order valence-corrected chi connectivity index (χ1v) is 5.85. The lowest BCUT2D eigenvalue weighted by molar-refractivity contribution is -0.112. The van der Waals surface area contributed by atoms with Gasteiger partial charge in [-0.15, -0.1) is 0 Å². The van der Waals surface area contributed by atoms with E-state index < -0.39 is 0 Å². The molecule has 0 radical (unpaired) electrons. The van der Waals surface area contributed by atoms with Gasteiger partial charge in [-0.05, 0) is 45.1 Å². The van der Waals surface area contributed by atoms with Crippen molar-refractivity contribution in [3.63, 3.8) is 0 Å². The van der Waals surface area contributed by atoms with Crippen LogP contribution in [-0.4, -0.2) is 23.8 Å². The molecule has 0 spiro atoms. The molecule has 16 heavy (non-hydrogen) atoms. The van der Waals surface area contributed by atoms with Gasteiger partial charge in [-0.2, -0.15) is 0 Å². The van der Waals surface area contributed by atoms with E-state index in [4.69, 9.17) is 4.74 Å². The number of hydrogen-bond acceptors (Lipinski definition) is 3. The Hall–Kier alpha value is -0.960. The van der Waals surface area contributed by atoms with Crippen LogP contribution in [0.5, 0.6) is 0 Å². The van der Waals surface area contributed by atoms with Gasteiger partial charge in [-0.25, -0.2) is 0 Å². The third kappa shape index (κ3) is 2.09. The van der Waals surface area contributed by atoms with E-state index in [9.17, 15) is 9.59 Å². The fourth-order valence-corrected chi connectivity index (χ4v) is 3.01. The Morgan fingerprint density at radius 2 is 2.19 bits per heavy atom. The molecule has 1 heterocycles. The molecular weight excluding hydrogens is 204 g/mol. The zero-order valence-electron chi connectivity index (χ0n) is 9.81. The van der Waals surface area contributed by atoms with E-state index in [-0.39, 0.29) is 23.4 Å². The van der Waals surface area contributed by atoms with Crippen molar-refractivity contribution in [3.8, 4) is 0 Å². The van der Waals surface area contributed by atoms with Crippen molar-refractivity contribution in [2.75, 3.05) is 0 Å². The number of ether oxygens (including phenoxy) is 1. The van der Waals surface area contributed by atoms with Crippen LogP contribution in [0.4, 0.5) is 0 Å². The van der Waals surface area contributed by atoms with Crippen molar-refractivity contribution >= 4 is 12.1 Å². The van der Waals surface area contributed by atoms with E-state index >= 15 is 0 Å². The van der Waals surface area contributed by atoms with Crippen LogP contribution in [0.15, 0.2) is 12.2 Å². The monoisotopic (exact) mass is 222 g/mol. The van der Waals surface area contributed by atoms with Crippen LogP contribution in [-0.2, 0) is 14.3 Å². The van der Waals surface area contributed by atoms with Crippen LogP contribution in [0.2, 0.25) is 0 Å². The van der Waals surface area contributed by atoms with Crippen LogP contribution >= 0.6 is 0 Å². The van der Waals surface area contributed by atoms with Gasteiger partial charge >= 0.3 is 0 Å². The van der Waals surface area contributed by atoms with Crippen LogP contribution in [0, 0.1) is 11.8 Å². The molecule has 0 aromatic heterocycles. The summed E-state index contributed by atoms with van der Waals surface area (Å²) in [5, 5.41) is 0. The third-order valence-corrected chi connectivity index (χ3v) is 3.79. The molecule has 4 atom stereocenters. The van der Waals surface area contributed by atoms with Gasteiger partial charge in [0.25, 0.3) is 0 Å². The van der Waals surface area contributed by atoms with Gasteiger partial charge in [-0.3, -0.25) is 4.79 Å². The lowest BCUT2D eigenvalue weighted by Crippen LogP contribution is -2.27. The highest BCUT2D eigenvalue weighted by Gasteiger charge is 2.50. The van der Waals surface area contributed by atoms with Gasteiger partial charge in [0.05, 0.1) is 11.7 Å². The molecule has 0 aromatic carbocycles. The van der Waals surface area contributed by atoms with Crippen LogP contribution < -0.4 is 0 Å². The van der Waals surface area contributed by atoms with Gasteiger partial charge in [0.2, 0.25) is 0 Å². The summed E-state index contributed by atoms with van der Waals surface area (Å²) < 4.78 is 5.96. The van der Waals surface area contributed by atoms with E-state index in [1.807, 2.05) is 6.08 Å². The third-order valence-electron chi connectivity index (χ3n) is 3.79. The smallest absolute Gasteiger partial charge is 0.152 e. The molecule has 2 rings (SSSR count). The molecular formula is C13H18O3. The van der Waals surface area contributed by atoms with Crippen LogP contribution in [0.3, 0.4) is 0 Å². The molecule has 3 nitrogen and oxygen atoms in total. The van der Waals surface area contributed by atoms with Gasteiger partial charge < -0.3 is 9.53 Å². The number of aldehydes is 1. The molecule has 0 amide bonds.